The third kappa shape index (κ3) is 5.90. The van der Waals surface area contributed by atoms with Crippen molar-refractivity contribution in [2.75, 3.05) is 6.54 Å². The van der Waals surface area contributed by atoms with Crippen LogP contribution < -0.4 is 11.6 Å². The van der Waals surface area contributed by atoms with Crippen molar-refractivity contribution in [1.29, 1.82) is 0 Å². The van der Waals surface area contributed by atoms with Crippen LogP contribution in [0.1, 0.15) is 126 Å². The molecule has 0 heterocycles. The van der Waals surface area contributed by atoms with Gasteiger partial charge in [0.05, 0.1) is 6.54 Å². The van der Waals surface area contributed by atoms with E-state index >= 15 is 0 Å². The summed E-state index contributed by atoms with van der Waals surface area (Å²) in [6.45, 7) is 19.1. The van der Waals surface area contributed by atoms with Crippen molar-refractivity contribution >= 4 is 5.84 Å². The highest BCUT2D eigenvalue weighted by Crippen LogP contribution is 2.67. The van der Waals surface area contributed by atoms with Crippen LogP contribution in [0.5, 0.6) is 0 Å². The number of rotatable bonds is 9. The number of nitrogens with zero attached hydrogens (tertiary/aromatic N) is 2. The molecule has 0 aromatic carbocycles. The summed E-state index contributed by atoms with van der Waals surface area (Å²) in [5.74, 6) is 11.8. The fraction of sp³-hybridized carbons (Fsp3) is 0.966. The molecular formula is C29H58N4. The summed E-state index contributed by atoms with van der Waals surface area (Å²) in [5, 5.41) is 5.84. The molecule has 0 radical (unpaired) electrons. The van der Waals surface area contributed by atoms with Crippen LogP contribution in [0.3, 0.4) is 0 Å². The zero-order chi connectivity index (χ0) is 24.8. The Morgan fingerprint density at radius 2 is 1.73 bits per heavy atom. The van der Waals surface area contributed by atoms with Gasteiger partial charge in [0, 0.05) is 0 Å². The molecule has 3 saturated carbocycles. The van der Waals surface area contributed by atoms with Gasteiger partial charge in [0.25, 0.3) is 0 Å². The van der Waals surface area contributed by atoms with E-state index in [1.807, 2.05) is 20.8 Å². The summed E-state index contributed by atoms with van der Waals surface area (Å²) in [7, 11) is 0. The number of fused-ring (bicyclic) bond motifs is 3. The largest absolute Gasteiger partial charge is 0.386 e. The lowest BCUT2D eigenvalue weighted by Crippen LogP contribution is -2.52. The topological polar surface area (TPSA) is 67.6 Å². The molecule has 3 fully saturated rings. The molecule has 194 valence electrons. The second kappa shape index (κ2) is 12.3. The molecule has 4 heteroatoms. The molecule has 0 aliphatic heterocycles. The molecular weight excluding hydrogens is 404 g/mol. The van der Waals surface area contributed by atoms with Gasteiger partial charge in [-0.1, -0.05) is 67.7 Å². The number of hydrogen-bond acceptors (Lipinski definition) is 3. The van der Waals surface area contributed by atoms with Gasteiger partial charge >= 0.3 is 0 Å². The first kappa shape index (κ1) is 28.5. The summed E-state index contributed by atoms with van der Waals surface area (Å²) in [4.78, 5) is 0. The summed E-state index contributed by atoms with van der Waals surface area (Å²) < 4.78 is 0. The van der Waals surface area contributed by atoms with Gasteiger partial charge in [-0.15, -0.1) is 5.10 Å². The van der Waals surface area contributed by atoms with E-state index in [4.69, 9.17) is 11.6 Å². The van der Waals surface area contributed by atoms with Gasteiger partial charge in [-0.05, 0) is 105 Å². The Bertz CT molecular complexity index is 615. The highest BCUT2D eigenvalue weighted by atomic mass is 15.6. The highest BCUT2D eigenvalue weighted by Gasteiger charge is 2.59. The Morgan fingerprint density at radius 3 is 2.33 bits per heavy atom. The van der Waals surface area contributed by atoms with E-state index in [1.165, 1.54) is 70.6 Å². The Balaban J connectivity index is 0.00000187. The zero-order valence-electron chi connectivity index (χ0n) is 23.5. The average Bonchev–Trinajstić information content (AvgIpc) is 3.11. The number of hydrogen-bond donors (Lipinski definition) is 2. The molecule has 8 unspecified atom stereocenters. The van der Waals surface area contributed by atoms with Gasteiger partial charge in [-0.25, -0.2) is 11.0 Å². The quantitative estimate of drug-likeness (QED) is 0.160. The summed E-state index contributed by atoms with van der Waals surface area (Å²) >= 11 is 0. The number of nitrogens with two attached hydrogens (primary N) is 2. The third-order valence-corrected chi connectivity index (χ3v) is 10.3. The van der Waals surface area contributed by atoms with Crippen LogP contribution in [0.4, 0.5) is 0 Å². The Kier molecular flexibility index (Phi) is 10.6. The Morgan fingerprint density at radius 1 is 1.03 bits per heavy atom. The lowest BCUT2D eigenvalue weighted by atomic mass is 9.45. The van der Waals surface area contributed by atoms with Gasteiger partial charge in [0.2, 0.25) is 0 Å². The molecule has 0 bridgehead atoms. The first-order valence-corrected chi connectivity index (χ1v) is 14.5. The molecule has 0 saturated heterocycles. The molecule has 0 spiro atoms. The standard InChI is InChI=1S/C27H52N4.C2H6/c1-7-9-10-21-11-12-22-24-14-13-23(19(3)18-31(29)30-20(4)28)27(24,6)17-15-25(22)26(21,5)16-8-2;1-2/h19,21-25H,7-18,29H2,1-6H3,(H2,28,30);1-2H3. The SMILES string of the molecule is CC.CCCCC1CCC2C(CCC3(C)C(C(C)CN(N)/N=C(/C)N)CCC23)C1(C)CCC. The maximum Gasteiger partial charge on any atom is 0.118 e. The zero-order valence-corrected chi connectivity index (χ0v) is 23.5. The lowest BCUT2D eigenvalue weighted by molar-refractivity contribution is -0.106. The number of unbranched alkanes of at least 4 members (excludes halogenated alkanes) is 1. The Labute approximate surface area is 206 Å². The first-order valence-electron chi connectivity index (χ1n) is 14.5. The van der Waals surface area contributed by atoms with Crippen molar-refractivity contribution in [3.8, 4) is 0 Å². The fourth-order valence-electron chi connectivity index (χ4n) is 9.03. The first-order chi connectivity index (χ1) is 15.7. The molecule has 8 atom stereocenters. The van der Waals surface area contributed by atoms with E-state index < -0.39 is 0 Å². The molecule has 33 heavy (non-hydrogen) atoms. The molecule has 3 aliphatic rings. The van der Waals surface area contributed by atoms with Crippen molar-refractivity contribution < 1.29 is 0 Å². The van der Waals surface area contributed by atoms with Crippen LogP contribution in [0.2, 0.25) is 0 Å². The third-order valence-electron chi connectivity index (χ3n) is 10.3. The van der Waals surface area contributed by atoms with Crippen molar-refractivity contribution in [3.63, 3.8) is 0 Å². The predicted molar refractivity (Wildman–Crippen MR) is 145 cm³/mol. The maximum absolute atomic E-state index is 6.15. The van der Waals surface area contributed by atoms with E-state index in [2.05, 4.69) is 39.7 Å². The minimum absolute atomic E-state index is 0.478. The van der Waals surface area contributed by atoms with E-state index in [0.717, 1.165) is 36.1 Å². The van der Waals surface area contributed by atoms with Gasteiger partial charge in [-0.3, -0.25) is 0 Å². The van der Waals surface area contributed by atoms with Crippen molar-refractivity contribution in [1.82, 2.24) is 5.12 Å². The second-order valence-corrected chi connectivity index (χ2v) is 12.1. The number of amidine groups is 1. The monoisotopic (exact) mass is 462 g/mol. The minimum atomic E-state index is 0.478. The summed E-state index contributed by atoms with van der Waals surface area (Å²) in [6.07, 6.45) is 15.6. The van der Waals surface area contributed by atoms with Crippen LogP contribution in [0.15, 0.2) is 5.10 Å². The summed E-state index contributed by atoms with van der Waals surface area (Å²) in [6, 6.07) is 0. The summed E-state index contributed by atoms with van der Waals surface area (Å²) in [5.41, 5.74) is 6.79. The van der Waals surface area contributed by atoms with Crippen LogP contribution in [0.25, 0.3) is 0 Å². The minimum Gasteiger partial charge on any atom is -0.386 e. The Hall–Kier alpha value is -0.770. The number of hydrazine groups is 1. The number of hydrazone groups is 1. The van der Waals surface area contributed by atoms with Crippen LogP contribution in [-0.2, 0) is 0 Å². The normalized spacial score (nSPS) is 39.2. The second-order valence-electron chi connectivity index (χ2n) is 12.1. The molecule has 0 aromatic rings. The highest BCUT2D eigenvalue weighted by molar-refractivity contribution is 5.77. The smallest absolute Gasteiger partial charge is 0.118 e. The molecule has 3 rings (SSSR count). The van der Waals surface area contributed by atoms with Crippen molar-refractivity contribution in [2.45, 2.75) is 126 Å². The molecule has 4 N–H and O–H groups in total. The molecule has 3 aliphatic carbocycles. The molecule has 4 nitrogen and oxygen atoms in total. The molecule has 0 amide bonds. The van der Waals surface area contributed by atoms with E-state index in [-0.39, 0.29) is 0 Å². The van der Waals surface area contributed by atoms with Gasteiger partial charge < -0.3 is 5.73 Å². The van der Waals surface area contributed by atoms with Crippen molar-refractivity contribution in [3.05, 3.63) is 0 Å². The van der Waals surface area contributed by atoms with E-state index in [9.17, 15) is 0 Å². The predicted octanol–water partition coefficient (Wildman–Crippen LogP) is 7.58. The van der Waals surface area contributed by atoms with Gasteiger partial charge in [0.15, 0.2) is 0 Å². The van der Waals surface area contributed by atoms with Gasteiger partial charge in [-0.2, -0.15) is 0 Å². The fourth-order valence-corrected chi connectivity index (χ4v) is 9.03. The van der Waals surface area contributed by atoms with Crippen LogP contribution in [-0.4, -0.2) is 17.5 Å². The maximum atomic E-state index is 6.15. The lowest BCUT2D eigenvalue weighted by Gasteiger charge is -2.60. The van der Waals surface area contributed by atoms with Crippen molar-refractivity contribution in [2.24, 2.45) is 63.0 Å². The average molecular weight is 463 g/mol. The van der Waals surface area contributed by atoms with E-state index in [1.54, 1.807) is 5.12 Å². The molecule has 0 aromatic heterocycles. The van der Waals surface area contributed by atoms with Gasteiger partial charge in [0.1, 0.15) is 5.84 Å². The van der Waals surface area contributed by atoms with Crippen LogP contribution in [0, 0.1) is 46.3 Å². The van der Waals surface area contributed by atoms with E-state index in [0.29, 0.717) is 22.6 Å². The van der Waals surface area contributed by atoms with Crippen LogP contribution >= 0.6 is 0 Å².